The molecule has 0 fully saturated rings. The van der Waals surface area contributed by atoms with Crippen LogP contribution in [-0.2, 0) is 23.1 Å². The summed E-state index contributed by atoms with van der Waals surface area (Å²) in [7, 11) is 5.04. The van der Waals surface area contributed by atoms with Gasteiger partial charge in [-0.15, -0.1) is 15.3 Å². The van der Waals surface area contributed by atoms with Crippen molar-refractivity contribution in [3.8, 4) is 17.3 Å². The van der Waals surface area contributed by atoms with Crippen LogP contribution in [0.5, 0.6) is 5.88 Å². The van der Waals surface area contributed by atoms with E-state index in [2.05, 4.69) is 15.3 Å². The van der Waals surface area contributed by atoms with E-state index < -0.39 is 0 Å². The van der Waals surface area contributed by atoms with Gasteiger partial charge in [-0.1, -0.05) is 11.8 Å². The zero-order valence-corrected chi connectivity index (χ0v) is 18.5. The number of aryl methyl sites for hydroxylation is 1. The summed E-state index contributed by atoms with van der Waals surface area (Å²) < 4.78 is 14.2. The lowest BCUT2D eigenvalue weighted by atomic mass is 10.2. The zero-order chi connectivity index (χ0) is 20.8. The molecule has 10 heteroatoms. The monoisotopic (exact) mass is 410 g/mol. The van der Waals surface area contributed by atoms with E-state index in [0.29, 0.717) is 35.8 Å². The van der Waals surface area contributed by atoms with Gasteiger partial charge >= 0.3 is 0 Å². The van der Waals surface area contributed by atoms with E-state index in [1.807, 2.05) is 50.4 Å². The molecule has 0 aliphatic rings. The minimum absolute atomic E-state index is 0.0804. The van der Waals surface area contributed by atoms with Crippen LogP contribution in [0.15, 0.2) is 11.4 Å². The third kappa shape index (κ3) is 5.05. The van der Waals surface area contributed by atoms with Crippen LogP contribution >= 0.6 is 11.8 Å². The van der Waals surface area contributed by atoms with Gasteiger partial charge in [-0.05, 0) is 27.7 Å². The first-order valence-corrected chi connectivity index (χ1v) is 10.2. The Hall–Kier alpha value is -2.07. The van der Waals surface area contributed by atoms with Crippen molar-refractivity contribution in [2.45, 2.75) is 51.5 Å². The van der Waals surface area contributed by atoms with Crippen molar-refractivity contribution in [3.05, 3.63) is 6.20 Å². The number of aromatic nitrogens is 5. The van der Waals surface area contributed by atoms with Gasteiger partial charge < -0.3 is 14.4 Å². The highest BCUT2D eigenvalue weighted by atomic mass is 32.2. The fraction of sp³-hybridized carbons (Fsp3) is 0.667. The number of carbonyl (C=O) groups is 1. The van der Waals surface area contributed by atoms with Crippen molar-refractivity contribution in [1.29, 1.82) is 0 Å². The highest BCUT2D eigenvalue weighted by molar-refractivity contribution is 7.99. The van der Waals surface area contributed by atoms with Crippen LogP contribution in [0.3, 0.4) is 0 Å². The summed E-state index contributed by atoms with van der Waals surface area (Å²) in [5.41, 5.74) is 0.748. The number of hydrogen-bond acceptors (Lipinski definition) is 7. The highest BCUT2D eigenvalue weighted by Gasteiger charge is 2.23. The molecule has 0 radical (unpaired) electrons. The number of nitrogens with zero attached hydrogens (tertiary/aromatic N) is 6. The maximum absolute atomic E-state index is 12.7. The maximum Gasteiger partial charge on any atom is 0.243 e. The number of amides is 1. The Labute approximate surface area is 170 Å². The number of rotatable bonds is 10. The molecule has 9 nitrogen and oxygen atoms in total. The lowest BCUT2D eigenvalue weighted by Crippen LogP contribution is -2.43. The molecule has 28 heavy (non-hydrogen) atoms. The minimum atomic E-state index is 0.0804. The van der Waals surface area contributed by atoms with Crippen LogP contribution in [0, 0.1) is 0 Å². The van der Waals surface area contributed by atoms with Crippen molar-refractivity contribution >= 4 is 17.7 Å². The van der Waals surface area contributed by atoms with Gasteiger partial charge in [-0.25, -0.2) is 0 Å². The van der Waals surface area contributed by atoms with Crippen molar-refractivity contribution in [2.24, 2.45) is 7.05 Å². The van der Waals surface area contributed by atoms with Gasteiger partial charge in [0, 0.05) is 32.4 Å². The fourth-order valence-electron chi connectivity index (χ4n) is 3.12. The van der Waals surface area contributed by atoms with Gasteiger partial charge in [0.05, 0.1) is 26.0 Å². The topological polar surface area (TPSA) is 87.3 Å². The lowest BCUT2D eigenvalue weighted by molar-refractivity contribution is -0.131. The summed E-state index contributed by atoms with van der Waals surface area (Å²) >= 11 is 1.38. The molecule has 0 N–H and O–H groups in total. The average molecular weight is 411 g/mol. The largest absolute Gasteiger partial charge is 0.479 e. The van der Waals surface area contributed by atoms with Gasteiger partial charge in [0.15, 0.2) is 11.0 Å². The first-order valence-electron chi connectivity index (χ1n) is 9.24. The number of hydrogen-bond donors (Lipinski definition) is 0. The molecule has 0 saturated heterocycles. The van der Waals surface area contributed by atoms with Gasteiger partial charge in [-0.2, -0.15) is 0 Å². The Morgan fingerprint density at radius 1 is 1.21 bits per heavy atom. The van der Waals surface area contributed by atoms with Crippen LogP contribution in [0.2, 0.25) is 0 Å². The maximum atomic E-state index is 12.7. The third-order valence-electron chi connectivity index (χ3n) is 4.19. The molecule has 0 aliphatic carbocycles. The Balaban J connectivity index is 2.27. The first kappa shape index (κ1) is 22.2. The molecule has 2 rings (SSSR count). The van der Waals surface area contributed by atoms with E-state index in [0.717, 1.165) is 5.56 Å². The quantitative estimate of drug-likeness (QED) is 0.554. The molecule has 1 amide bonds. The molecule has 0 bridgehead atoms. The Morgan fingerprint density at radius 2 is 1.89 bits per heavy atom. The number of ether oxygens (including phenoxy) is 2. The standard InChI is InChI=1S/C18H30N6O3S/c1-12(2)24(13(3)4)15(25)11-28-18-20-19-16(23(18)8-9-26-6)14-10-22(5)21-17(14)27-7/h10,12-13H,8-9,11H2,1-7H3. The van der Waals surface area contributed by atoms with E-state index in [1.165, 1.54) is 11.8 Å². The third-order valence-corrected chi connectivity index (χ3v) is 5.14. The van der Waals surface area contributed by atoms with Gasteiger partial charge in [0.1, 0.15) is 5.56 Å². The molecule has 2 heterocycles. The highest BCUT2D eigenvalue weighted by Crippen LogP contribution is 2.30. The van der Waals surface area contributed by atoms with Crippen LogP contribution in [0.25, 0.3) is 11.4 Å². The van der Waals surface area contributed by atoms with Gasteiger partial charge in [-0.3, -0.25) is 14.0 Å². The lowest BCUT2D eigenvalue weighted by Gasteiger charge is -2.30. The Kier molecular flexibility index (Phi) is 7.88. The van der Waals surface area contributed by atoms with Gasteiger partial charge in [0.25, 0.3) is 0 Å². The van der Waals surface area contributed by atoms with Gasteiger partial charge in [0.2, 0.25) is 11.8 Å². The van der Waals surface area contributed by atoms with E-state index in [-0.39, 0.29) is 18.0 Å². The Morgan fingerprint density at radius 3 is 2.46 bits per heavy atom. The molecular formula is C18H30N6O3S. The molecule has 156 valence electrons. The summed E-state index contributed by atoms with van der Waals surface area (Å²) in [4.78, 5) is 14.6. The predicted octanol–water partition coefficient (Wildman–Crippen LogP) is 2.07. The summed E-state index contributed by atoms with van der Waals surface area (Å²) in [6, 6.07) is 0.296. The fourth-order valence-corrected chi connectivity index (χ4v) is 3.96. The molecule has 0 saturated carbocycles. The van der Waals surface area contributed by atoms with Crippen LogP contribution < -0.4 is 4.74 Å². The van der Waals surface area contributed by atoms with Crippen molar-refractivity contribution < 1.29 is 14.3 Å². The molecule has 2 aromatic heterocycles. The summed E-state index contributed by atoms with van der Waals surface area (Å²) in [5.74, 6) is 1.50. The summed E-state index contributed by atoms with van der Waals surface area (Å²) in [6.45, 7) is 9.16. The van der Waals surface area contributed by atoms with E-state index in [9.17, 15) is 4.79 Å². The van der Waals surface area contributed by atoms with Crippen LogP contribution in [0.1, 0.15) is 27.7 Å². The van der Waals surface area contributed by atoms with Crippen molar-refractivity contribution in [1.82, 2.24) is 29.4 Å². The van der Waals surface area contributed by atoms with E-state index in [1.54, 1.807) is 18.9 Å². The number of thioether (sulfide) groups is 1. The van der Waals surface area contributed by atoms with Crippen molar-refractivity contribution in [3.63, 3.8) is 0 Å². The molecular weight excluding hydrogens is 380 g/mol. The smallest absolute Gasteiger partial charge is 0.243 e. The summed E-state index contributed by atoms with van der Waals surface area (Å²) in [5, 5.41) is 13.6. The normalized spacial score (nSPS) is 11.5. The second-order valence-electron chi connectivity index (χ2n) is 6.95. The van der Waals surface area contributed by atoms with E-state index in [4.69, 9.17) is 9.47 Å². The summed E-state index contributed by atoms with van der Waals surface area (Å²) in [6.07, 6.45) is 1.84. The van der Waals surface area contributed by atoms with E-state index >= 15 is 0 Å². The zero-order valence-electron chi connectivity index (χ0n) is 17.7. The minimum Gasteiger partial charge on any atom is -0.479 e. The molecule has 0 aromatic carbocycles. The number of carbonyl (C=O) groups excluding carboxylic acids is 1. The first-order chi connectivity index (χ1) is 13.3. The molecule has 0 atom stereocenters. The van der Waals surface area contributed by atoms with Crippen LogP contribution in [-0.4, -0.2) is 74.0 Å². The predicted molar refractivity (Wildman–Crippen MR) is 108 cm³/mol. The number of methoxy groups -OCH3 is 2. The molecule has 0 spiro atoms. The van der Waals surface area contributed by atoms with Crippen molar-refractivity contribution in [2.75, 3.05) is 26.6 Å². The molecule has 0 aliphatic heterocycles. The average Bonchev–Trinajstić information content (AvgIpc) is 3.19. The second-order valence-corrected chi connectivity index (χ2v) is 7.90. The second kappa shape index (κ2) is 9.92. The molecule has 2 aromatic rings. The SMILES string of the molecule is COCCn1c(SCC(=O)N(C(C)C)C(C)C)nnc1-c1cn(C)nc1OC. The molecule has 0 unspecified atom stereocenters. The van der Waals surface area contributed by atoms with Crippen LogP contribution in [0.4, 0.5) is 0 Å². The Bertz CT molecular complexity index is 778.